The van der Waals surface area contributed by atoms with E-state index in [0.29, 0.717) is 6.01 Å². The molecule has 0 unspecified atom stereocenters. The summed E-state index contributed by atoms with van der Waals surface area (Å²) in [6.45, 7) is 0. The fourth-order valence-electron chi connectivity index (χ4n) is 0.742. The van der Waals surface area contributed by atoms with Crippen molar-refractivity contribution in [1.82, 2.24) is 14.8 Å². The maximum absolute atomic E-state index is 4.92. The lowest BCUT2D eigenvalue weighted by molar-refractivity contribution is 0.525. The molecule has 0 aliphatic heterocycles. The molecule has 0 aliphatic carbocycles. The van der Waals surface area contributed by atoms with Crippen molar-refractivity contribution < 1.29 is 4.42 Å². The molecule has 0 fully saturated rings. The Balaban J connectivity index is 2.48. The van der Waals surface area contributed by atoms with Gasteiger partial charge in [0.2, 0.25) is 6.39 Å². The van der Waals surface area contributed by atoms with E-state index in [1.54, 1.807) is 4.57 Å². The van der Waals surface area contributed by atoms with E-state index >= 15 is 0 Å². The third kappa shape index (κ3) is 0.699. The lowest BCUT2D eigenvalue weighted by atomic mass is 10.7. The summed E-state index contributed by atoms with van der Waals surface area (Å²) in [5.74, 6) is 0. The molecule has 2 aromatic heterocycles. The molecule has 0 amide bonds. The smallest absolute Gasteiger partial charge is 0.326 e. The molecule has 0 spiro atoms. The summed E-state index contributed by atoms with van der Waals surface area (Å²) in [7, 11) is 0. The zero-order valence-electron chi connectivity index (χ0n) is 5.14. The van der Waals surface area contributed by atoms with Gasteiger partial charge in [0.05, 0.1) is 0 Å². The summed E-state index contributed by atoms with van der Waals surface area (Å²) in [5.41, 5.74) is 0. The van der Waals surface area contributed by atoms with Gasteiger partial charge < -0.3 is 4.42 Å². The van der Waals surface area contributed by atoms with Crippen LogP contribution < -0.4 is 0 Å². The van der Waals surface area contributed by atoms with Crippen LogP contribution in [0, 0.1) is 0 Å². The molecule has 2 heterocycles. The van der Waals surface area contributed by atoms with Crippen LogP contribution in [0.3, 0.4) is 0 Å². The first kappa shape index (κ1) is 5.22. The summed E-state index contributed by atoms with van der Waals surface area (Å²) in [6, 6.07) is 4.28. The predicted octanol–water partition coefficient (Wildman–Crippen LogP) is 0.860. The van der Waals surface area contributed by atoms with Crippen LogP contribution in [0.5, 0.6) is 0 Å². The molecule has 4 nitrogen and oxygen atoms in total. The standard InChI is InChI=1S/C6H5N3O/c1-2-4-9(3-1)6-8-7-5-10-6/h1-5H. The molecule has 0 saturated heterocycles. The van der Waals surface area contributed by atoms with Crippen LogP contribution in [-0.2, 0) is 0 Å². The normalized spacial score (nSPS) is 10.0. The van der Waals surface area contributed by atoms with Crippen LogP contribution in [0.15, 0.2) is 35.3 Å². The van der Waals surface area contributed by atoms with E-state index in [0.717, 1.165) is 0 Å². The van der Waals surface area contributed by atoms with Crippen LogP contribution in [0.1, 0.15) is 0 Å². The van der Waals surface area contributed by atoms with E-state index in [2.05, 4.69) is 10.2 Å². The van der Waals surface area contributed by atoms with Crippen molar-refractivity contribution in [2.45, 2.75) is 0 Å². The van der Waals surface area contributed by atoms with Gasteiger partial charge in [0.15, 0.2) is 0 Å². The fourth-order valence-corrected chi connectivity index (χ4v) is 0.742. The molecule has 4 heteroatoms. The number of hydrogen-bond acceptors (Lipinski definition) is 3. The van der Waals surface area contributed by atoms with Crippen molar-refractivity contribution in [2.24, 2.45) is 0 Å². The van der Waals surface area contributed by atoms with Crippen LogP contribution >= 0.6 is 0 Å². The summed E-state index contributed by atoms with van der Waals surface area (Å²) < 4.78 is 6.66. The second-order valence-electron chi connectivity index (χ2n) is 1.81. The van der Waals surface area contributed by atoms with Gasteiger partial charge in [-0.3, -0.25) is 4.57 Å². The summed E-state index contributed by atoms with van der Waals surface area (Å²) in [6.07, 6.45) is 4.98. The van der Waals surface area contributed by atoms with Crippen LogP contribution in [0.25, 0.3) is 6.01 Å². The van der Waals surface area contributed by atoms with Crippen molar-refractivity contribution in [1.29, 1.82) is 0 Å². The van der Waals surface area contributed by atoms with Gasteiger partial charge in [-0.1, -0.05) is 5.10 Å². The van der Waals surface area contributed by atoms with Crippen LogP contribution in [0.2, 0.25) is 0 Å². The second-order valence-corrected chi connectivity index (χ2v) is 1.81. The highest BCUT2D eigenvalue weighted by atomic mass is 16.4. The Bertz CT molecular complexity index is 252. The maximum atomic E-state index is 4.92. The van der Waals surface area contributed by atoms with E-state index in [4.69, 9.17) is 4.42 Å². The second kappa shape index (κ2) is 1.98. The largest absolute Gasteiger partial charge is 0.410 e. The zero-order valence-corrected chi connectivity index (χ0v) is 5.14. The average molecular weight is 135 g/mol. The fraction of sp³-hybridized carbons (Fsp3) is 0. The molecule has 0 saturated carbocycles. The molecular formula is C6H5N3O. The van der Waals surface area contributed by atoms with Gasteiger partial charge in [0.25, 0.3) is 0 Å². The maximum Gasteiger partial charge on any atom is 0.326 e. The summed E-state index contributed by atoms with van der Waals surface area (Å²) >= 11 is 0. The Hall–Kier alpha value is -1.58. The van der Waals surface area contributed by atoms with Gasteiger partial charge in [-0.2, -0.15) is 0 Å². The van der Waals surface area contributed by atoms with Crippen LogP contribution in [0.4, 0.5) is 0 Å². The number of aromatic nitrogens is 3. The molecule has 0 radical (unpaired) electrons. The molecule has 0 N–H and O–H groups in total. The molecule has 50 valence electrons. The SMILES string of the molecule is c1ccn(-c2nnco2)c1. The van der Waals surface area contributed by atoms with E-state index in [9.17, 15) is 0 Å². The zero-order chi connectivity index (χ0) is 6.81. The lowest BCUT2D eigenvalue weighted by Crippen LogP contribution is -1.88. The molecule has 2 rings (SSSR count). The monoisotopic (exact) mass is 135 g/mol. The minimum absolute atomic E-state index is 0.491. The van der Waals surface area contributed by atoms with Gasteiger partial charge in [-0.15, -0.1) is 5.10 Å². The number of nitrogens with zero attached hydrogens (tertiary/aromatic N) is 3. The number of hydrogen-bond donors (Lipinski definition) is 0. The topological polar surface area (TPSA) is 43.9 Å². The first-order valence-corrected chi connectivity index (χ1v) is 2.86. The van der Waals surface area contributed by atoms with Crippen molar-refractivity contribution in [3.05, 3.63) is 30.9 Å². The third-order valence-corrected chi connectivity index (χ3v) is 1.17. The quantitative estimate of drug-likeness (QED) is 0.582. The summed E-state index contributed by atoms with van der Waals surface area (Å²) in [5, 5.41) is 7.25. The molecule has 0 aromatic carbocycles. The first-order valence-electron chi connectivity index (χ1n) is 2.86. The van der Waals surface area contributed by atoms with E-state index < -0.39 is 0 Å². The van der Waals surface area contributed by atoms with Crippen molar-refractivity contribution in [3.8, 4) is 6.01 Å². The number of rotatable bonds is 1. The Kier molecular flexibility index (Phi) is 1.04. The van der Waals surface area contributed by atoms with Crippen molar-refractivity contribution in [2.75, 3.05) is 0 Å². The predicted molar refractivity (Wildman–Crippen MR) is 33.6 cm³/mol. The molecule has 0 bridgehead atoms. The Labute approximate surface area is 57.1 Å². The summed E-state index contributed by atoms with van der Waals surface area (Å²) in [4.78, 5) is 0. The van der Waals surface area contributed by atoms with Gasteiger partial charge in [-0.05, 0) is 12.1 Å². The lowest BCUT2D eigenvalue weighted by Gasteiger charge is -1.89. The van der Waals surface area contributed by atoms with E-state index in [-0.39, 0.29) is 0 Å². The van der Waals surface area contributed by atoms with Gasteiger partial charge in [-0.25, -0.2) is 0 Å². The Morgan fingerprint density at radius 1 is 1.30 bits per heavy atom. The van der Waals surface area contributed by atoms with Crippen molar-refractivity contribution >= 4 is 0 Å². The van der Waals surface area contributed by atoms with Crippen molar-refractivity contribution in [3.63, 3.8) is 0 Å². The minimum atomic E-state index is 0.491. The highest BCUT2D eigenvalue weighted by Crippen LogP contribution is 2.00. The van der Waals surface area contributed by atoms with Gasteiger partial charge >= 0.3 is 6.01 Å². The Morgan fingerprint density at radius 2 is 2.10 bits per heavy atom. The average Bonchev–Trinajstić information content (AvgIpc) is 2.59. The highest BCUT2D eigenvalue weighted by molar-refractivity contribution is 5.06. The molecular weight excluding hydrogens is 130 g/mol. The molecule has 0 aliphatic rings. The third-order valence-electron chi connectivity index (χ3n) is 1.17. The first-order chi connectivity index (χ1) is 4.97. The minimum Gasteiger partial charge on any atom is -0.410 e. The Morgan fingerprint density at radius 3 is 2.70 bits per heavy atom. The molecule has 0 atom stereocenters. The van der Waals surface area contributed by atoms with E-state index in [1.165, 1.54) is 6.39 Å². The van der Waals surface area contributed by atoms with Gasteiger partial charge in [0.1, 0.15) is 0 Å². The highest BCUT2D eigenvalue weighted by Gasteiger charge is 1.96. The van der Waals surface area contributed by atoms with Gasteiger partial charge in [0, 0.05) is 12.4 Å². The van der Waals surface area contributed by atoms with Crippen LogP contribution in [-0.4, -0.2) is 14.8 Å². The van der Waals surface area contributed by atoms with E-state index in [1.807, 2.05) is 24.5 Å². The molecule has 2 aromatic rings. The molecule has 10 heavy (non-hydrogen) atoms.